The highest BCUT2D eigenvalue weighted by molar-refractivity contribution is 8.10. The van der Waals surface area contributed by atoms with Crippen LogP contribution < -0.4 is 0 Å². The van der Waals surface area contributed by atoms with Crippen LogP contribution in [0.2, 0.25) is 0 Å². The summed E-state index contributed by atoms with van der Waals surface area (Å²) in [6.45, 7) is 0. The Hall–Kier alpha value is 0.240. The molecule has 0 N–H and O–H groups in total. The number of ether oxygens (including phenoxy) is 1. The van der Waals surface area contributed by atoms with Crippen LogP contribution in [0, 0.1) is 23.7 Å². The second-order valence-corrected chi connectivity index (χ2v) is 6.16. The highest BCUT2D eigenvalue weighted by Gasteiger charge is 2.54. The van der Waals surface area contributed by atoms with Crippen LogP contribution in [-0.2, 0) is 4.74 Å². The molecule has 78 valence electrons. The first kappa shape index (κ1) is 9.46. The SMILES string of the molecule is S=C(S)O[C@@H]1C[C@@H]2C[C@H]1[C@H]1CCC[C@@H]21. The smallest absolute Gasteiger partial charge is 0.217 e. The normalized spacial score (nSPS) is 49.4. The predicted octanol–water partition coefficient (Wildman–Crippen LogP) is 3.04. The van der Waals surface area contributed by atoms with Gasteiger partial charge >= 0.3 is 0 Å². The van der Waals surface area contributed by atoms with Gasteiger partial charge in [0.15, 0.2) is 0 Å². The highest BCUT2D eigenvalue weighted by atomic mass is 32.1. The van der Waals surface area contributed by atoms with Gasteiger partial charge in [0.05, 0.1) is 0 Å². The number of thiol groups is 1. The predicted molar refractivity (Wildman–Crippen MR) is 63.5 cm³/mol. The Morgan fingerprint density at radius 1 is 1.14 bits per heavy atom. The van der Waals surface area contributed by atoms with Crippen molar-refractivity contribution in [3.05, 3.63) is 0 Å². The summed E-state index contributed by atoms with van der Waals surface area (Å²) in [6, 6.07) is 0. The van der Waals surface area contributed by atoms with E-state index in [9.17, 15) is 0 Å². The van der Waals surface area contributed by atoms with Crippen LogP contribution in [0.4, 0.5) is 0 Å². The monoisotopic (exact) mass is 228 g/mol. The molecule has 2 bridgehead atoms. The summed E-state index contributed by atoms with van der Waals surface area (Å²) in [7, 11) is 0. The standard InChI is InChI=1S/C11H16OS2/c13-11(14)12-10-5-6-4-9(10)8-3-1-2-7(6)8/h6-10H,1-5H2,(H,13,14)/t6-,7-,8-,9-,10+/m0/s1. The summed E-state index contributed by atoms with van der Waals surface area (Å²) in [6.07, 6.45) is 7.41. The Morgan fingerprint density at radius 2 is 1.93 bits per heavy atom. The van der Waals surface area contributed by atoms with Crippen LogP contribution in [0.25, 0.3) is 0 Å². The molecule has 1 nitrogen and oxygen atoms in total. The molecule has 3 saturated carbocycles. The molecular weight excluding hydrogens is 212 g/mol. The fourth-order valence-electron chi connectivity index (χ4n) is 4.27. The maximum Gasteiger partial charge on any atom is 0.217 e. The molecule has 3 fully saturated rings. The first-order chi connectivity index (χ1) is 6.75. The van der Waals surface area contributed by atoms with E-state index in [1.54, 1.807) is 0 Å². The Kier molecular flexibility index (Phi) is 2.28. The van der Waals surface area contributed by atoms with E-state index in [2.05, 4.69) is 12.6 Å². The third-order valence-corrected chi connectivity index (χ3v) is 4.82. The molecule has 0 aromatic heterocycles. The molecule has 0 heterocycles. The van der Waals surface area contributed by atoms with Gasteiger partial charge in [-0.15, -0.1) is 0 Å². The maximum absolute atomic E-state index is 5.65. The van der Waals surface area contributed by atoms with Gasteiger partial charge in [-0.05, 0) is 61.6 Å². The fourth-order valence-corrected chi connectivity index (χ4v) is 4.53. The zero-order valence-corrected chi connectivity index (χ0v) is 9.90. The van der Waals surface area contributed by atoms with Gasteiger partial charge in [-0.1, -0.05) is 19.0 Å². The molecule has 5 atom stereocenters. The van der Waals surface area contributed by atoms with Gasteiger partial charge < -0.3 is 4.74 Å². The van der Waals surface area contributed by atoms with Gasteiger partial charge in [-0.25, -0.2) is 0 Å². The number of rotatable bonds is 1. The Morgan fingerprint density at radius 3 is 2.71 bits per heavy atom. The third-order valence-electron chi connectivity index (χ3n) is 4.62. The van der Waals surface area contributed by atoms with Crippen molar-refractivity contribution in [2.24, 2.45) is 23.7 Å². The van der Waals surface area contributed by atoms with Gasteiger partial charge in [0.25, 0.3) is 0 Å². The van der Waals surface area contributed by atoms with Gasteiger partial charge in [-0.3, -0.25) is 0 Å². The zero-order valence-electron chi connectivity index (χ0n) is 8.19. The Bertz CT molecular complexity index is 266. The largest absolute Gasteiger partial charge is 0.475 e. The molecule has 0 amide bonds. The Balaban J connectivity index is 1.73. The lowest BCUT2D eigenvalue weighted by molar-refractivity contribution is 0.0814. The molecule has 14 heavy (non-hydrogen) atoms. The average molecular weight is 228 g/mol. The van der Waals surface area contributed by atoms with Crippen LogP contribution in [0.5, 0.6) is 0 Å². The fraction of sp³-hybridized carbons (Fsp3) is 0.909. The minimum atomic E-state index is 0.407. The van der Waals surface area contributed by atoms with Crippen molar-refractivity contribution in [2.75, 3.05) is 0 Å². The van der Waals surface area contributed by atoms with E-state index >= 15 is 0 Å². The minimum Gasteiger partial charge on any atom is -0.475 e. The van der Waals surface area contributed by atoms with Crippen LogP contribution in [-0.4, -0.2) is 10.5 Å². The summed E-state index contributed by atoms with van der Waals surface area (Å²) in [5, 5.41) is 0. The van der Waals surface area contributed by atoms with Crippen molar-refractivity contribution >= 4 is 29.2 Å². The van der Waals surface area contributed by atoms with Crippen molar-refractivity contribution in [1.29, 1.82) is 0 Å². The highest BCUT2D eigenvalue weighted by Crippen LogP contribution is 2.59. The number of thiocarbonyl (C=S) groups is 1. The molecule has 3 rings (SSSR count). The maximum atomic E-state index is 5.65. The van der Waals surface area contributed by atoms with Crippen molar-refractivity contribution in [1.82, 2.24) is 0 Å². The average Bonchev–Trinajstić information content (AvgIpc) is 2.68. The van der Waals surface area contributed by atoms with Gasteiger partial charge in [0.1, 0.15) is 6.10 Å². The lowest BCUT2D eigenvalue weighted by Gasteiger charge is -2.31. The lowest BCUT2D eigenvalue weighted by Crippen LogP contribution is -2.30. The van der Waals surface area contributed by atoms with E-state index < -0.39 is 0 Å². The molecule has 0 unspecified atom stereocenters. The van der Waals surface area contributed by atoms with E-state index in [0.717, 1.165) is 23.7 Å². The zero-order chi connectivity index (χ0) is 9.71. The topological polar surface area (TPSA) is 9.23 Å². The van der Waals surface area contributed by atoms with Crippen LogP contribution >= 0.6 is 24.8 Å². The van der Waals surface area contributed by atoms with E-state index in [1.165, 1.54) is 32.1 Å². The van der Waals surface area contributed by atoms with Crippen molar-refractivity contribution in [3.8, 4) is 0 Å². The summed E-state index contributed by atoms with van der Waals surface area (Å²) in [4.78, 5) is 0. The van der Waals surface area contributed by atoms with E-state index in [-0.39, 0.29) is 0 Å². The number of fused-ring (bicyclic) bond motifs is 5. The van der Waals surface area contributed by atoms with E-state index in [1.807, 2.05) is 0 Å². The van der Waals surface area contributed by atoms with Crippen LogP contribution in [0.3, 0.4) is 0 Å². The van der Waals surface area contributed by atoms with Crippen molar-refractivity contribution in [2.45, 2.75) is 38.2 Å². The summed E-state index contributed by atoms with van der Waals surface area (Å²) < 4.78 is 6.09. The van der Waals surface area contributed by atoms with Crippen molar-refractivity contribution in [3.63, 3.8) is 0 Å². The van der Waals surface area contributed by atoms with E-state index in [4.69, 9.17) is 17.0 Å². The molecule has 0 aliphatic heterocycles. The summed E-state index contributed by atoms with van der Waals surface area (Å²) in [5.74, 6) is 3.74. The number of hydrogen-bond acceptors (Lipinski definition) is 2. The molecule has 3 aliphatic rings. The molecule has 0 saturated heterocycles. The van der Waals surface area contributed by atoms with Crippen LogP contribution in [0.15, 0.2) is 0 Å². The van der Waals surface area contributed by atoms with Gasteiger partial charge in [0.2, 0.25) is 4.38 Å². The third kappa shape index (κ3) is 1.32. The molecule has 0 radical (unpaired) electrons. The minimum absolute atomic E-state index is 0.407. The second kappa shape index (κ2) is 3.38. The van der Waals surface area contributed by atoms with Crippen molar-refractivity contribution < 1.29 is 4.74 Å². The second-order valence-electron chi connectivity index (χ2n) is 5.08. The first-order valence-corrected chi connectivity index (χ1v) is 6.51. The quantitative estimate of drug-likeness (QED) is 0.545. The van der Waals surface area contributed by atoms with Gasteiger partial charge in [0, 0.05) is 0 Å². The summed E-state index contributed by atoms with van der Waals surface area (Å²) in [5.41, 5.74) is 0. The lowest BCUT2D eigenvalue weighted by atomic mass is 9.80. The first-order valence-electron chi connectivity index (χ1n) is 5.65. The molecule has 3 heteroatoms. The van der Waals surface area contributed by atoms with Crippen LogP contribution in [0.1, 0.15) is 32.1 Å². The van der Waals surface area contributed by atoms with Gasteiger partial charge in [-0.2, -0.15) is 0 Å². The molecular formula is C11H16OS2. The summed E-state index contributed by atoms with van der Waals surface area (Å²) >= 11 is 8.98. The molecule has 3 aliphatic carbocycles. The molecule has 0 aromatic rings. The number of hydrogen-bond donors (Lipinski definition) is 1. The molecule has 0 aromatic carbocycles. The van der Waals surface area contributed by atoms with E-state index in [0.29, 0.717) is 10.5 Å². The Labute approximate surface area is 96.0 Å². The molecule has 0 spiro atoms.